The molecule has 1 N–H and O–H groups in total. The largest absolute Gasteiger partial charge is 0.417 e. The van der Waals surface area contributed by atoms with Crippen molar-refractivity contribution in [3.63, 3.8) is 0 Å². The van der Waals surface area contributed by atoms with Crippen molar-refractivity contribution in [1.82, 2.24) is 5.32 Å². The Hall–Kier alpha value is -2.37. The lowest BCUT2D eigenvalue weighted by Gasteiger charge is -2.19. The lowest BCUT2D eigenvalue weighted by molar-refractivity contribution is -0.136. The Kier molecular flexibility index (Phi) is 2.20. The van der Waals surface area contributed by atoms with Crippen molar-refractivity contribution >= 4 is 22.6 Å². The number of amides is 2. The van der Waals surface area contributed by atoms with Crippen LogP contribution in [-0.2, 0) is 6.18 Å². The molecule has 0 atom stereocenters. The van der Waals surface area contributed by atoms with Gasteiger partial charge in [0.2, 0.25) is 0 Å². The van der Waals surface area contributed by atoms with Crippen LogP contribution in [0, 0.1) is 0 Å². The molecule has 1 aliphatic heterocycles. The second-order valence-corrected chi connectivity index (χ2v) is 4.17. The number of alkyl halides is 3. The van der Waals surface area contributed by atoms with Crippen LogP contribution in [0.1, 0.15) is 26.3 Å². The van der Waals surface area contributed by atoms with Gasteiger partial charge in [-0.3, -0.25) is 14.9 Å². The second kappa shape index (κ2) is 3.57. The number of carbonyl (C=O) groups is 2. The lowest BCUT2D eigenvalue weighted by Crippen LogP contribution is -2.34. The predicted octanol–water partition coefficient (Wildman–Crippen LogP) is 2.74. The maximum atomic E-state index is 12.9. The summed E-state index contributed by atoms with van der Waals surface area (Å²) in [5.74, 6) is -1.36. The van der Waals surface area contributed by atoms with Gasteiger partial charge in [0.25, 0.3) is 11.8 Å². The standard InChI is InChI=1S/C13H6F3NO2/c14-13(15,16)9-5-4-8-10-6(9)2-1-3-7(10)11(18)17-12(8)19/h1-5H,(H,17,18,19). The molecule has 6 heteroatoms. The summed E-state index contributed by atoms with van der Waals surface area (Å²) < 4.78 is 38.7. The molecular weight excluding hydrogens is 259 g/mol. The normalized spacial score (nSPS) is 14.7. The average molecular weight is 265 g/mol. The maximum absolute atomic E-state index is 12.9. The molecule has 0 aromatic heterocycles. The third kappa shape index (κ3) is 1.60. The van der Waals surface area contributed by atoms with Crippen LogP contribution < -0.4 is 5.32 Å². The van der Waals surface area contributed by atoms with Crippen LogP contribution in [0.2, 0.25) is 0 Å². The molecule has 96 valence electrons. The smallest absolute Gasteiger partial charge is 0.288 e. The highest BCUT2D eigenvalue weighted by atomic mass is 19.4. The zero-order valence-corrected chi connectivity index (χ0v) is 9.34. The van der Waals surface area contributed by atoms with Gasteiger partial charge >= 0.3 is 6.18 Å². The third-order valence-electron chi connectivity index (χ3n) is 3.06. The van der Waals surface area contributed by atoms with Crippen LogP contribution in [0.4, 0.5) is 13.2 Å². The summed E-state index contributed by atoms with van der Waals surface area (Å²) in [5, 5.41) is 2.02. The zero-order valence-electron chi connectivity index (χ0n) is 9.34. The van der Waals surface area contributed by atoms with Crippen molar-refractivity contribution in [1.29, 1.82) is 0 Å². The molecule has 0 saturated carbocycles. The average Bonchev–Trinajstić information content (AvgIpc) is 2.33. The molecular formula is C13H6F3NO2. The molecule has 3 rings (SSSR count). The predicted molar refractivity (Wildman–Crippen MR) is 60.7 cm³/mol. The monoisotopic (exact) mass is 265 g/mol. The minimum atomic E-state index is -4.53. The van der Waals surface area contributed by atoms with Crippen molar-refractivity contribution in [2.45, 2.75) is 6.18 Å². The molecule has 0 saturated heterocycles. The number of hydrogen-bond acceptors (Lipinski definition) is 2. The van der Waals surface area contributed by atoms with Crippen molar-refractivity contribution in [2.24, 2.45) is 0 Å². The Bertz CT molecular complexity index is 714. The van der Waals surface area contributed by atoms with Gasteiger partial charge in [0.05, 0.1) is 5.56 Å². The molecule has 0 radical (unpaired) electrons. The van der Waals surface area contributed by atoms with E-state index in [1.807, 2.05) is 0 Å². The SMILES string of the molecule is O=C1NC(=O)c2ccc(C(F)(F)F)c3cccc1c23. The summed E-state index contributed by atoms with van der Waals surface area (Å²) in [6.45, 7) is 0. The molecule has 0 spiro atoms. The lowest BCUT2D eigenvalue weighted by atomic mass is 9.92. The van der Waals surface area contributed by atoms with Gasteiger partial charge in [-0.05, 0) is 23.6 Å². The van der Waals surface area contributed by atoms with E-state index in [0.29, 0.717) is 0 Å². The van der Waals surface area contributed by atoms with E-state index in [1.165, 1.54) is 18.2 Å². The Balaban J connectivity index is 2.49. The van der Waals surface area contributed by atoms with Crippen LogP contribution in [0.25, 0.3) is 10.8 Å². The first-order chi connectivity index (χ1) is 8.89. The molecule has 2 aromatic rings. The molecule has 0 fully saturated rings. The first-order valence-electron chi connectivity index (χ1n) is 5.38. The Morgan fingerprint density at radius 2 is 1.53 bits per heavy atom. The first kappa shape index (κ1) is 11.7. The van der Waals surface area contributed by atoms with Gasteiger partial charge in [0, 0.05) is 16.5 Å². The maximum Gasteiger partial charge on any atom is 0.417 e. The van der Waals surface area contributed by atoms with Crippen LogP contribution in [-0.4, -0.2) is 11.8 Å². The first-order valence-corrected chi connectivity index (χ1v) is 5.38. The summed E-state index contributed by atoms with van der Waals surface area (Å²) in [5.41, 5.74) is -0.688. The van der Waals surface area contributed by atoms with Gasteiger partial charge < -0.3 is 0 Å². The van der Waals surface area contributed by atoms with Gasteiger partial charge in [0.1, 0.15) is 0 Å². The minimum Gasteiger partial charge on any atom is -0.288 e. The van der Waals surface area contributed by atoms with E-state index in [2.05, 4.69) is 5.32 Å². The fraction of sp³-hybridized carbons (Fsp3) is 0.0769. The molecule has 19 heavy (non-hydrogen) atoms. The van der Waals surface area contributed by atoms with Crippen LogP contribution in [0.3, 0.4) is 0 Å². The Morgan fingerprint density at radius 1 is 0.895 bits per heavy atom. The summed E-state index contributed by atoms with van der Waals surface area (Å²) in [6.07, 6.45) is -4.53. The van der Waals surface area contributed by atoms with Crippen LogP contribution in [0.15, 0.2) is 30.3 Å². The van der Waals surface area contributed by atoms with E-state index in [-0.39, 0.29) is 21.9 Å². The van der Waals surface area contributed by atoms with Gasteiger partial charge in [-0.25, -0.2) is 0 Å². The van der Waals surface area contributed by atoms with Gasteiger partial charge in [0.15, 0.2) is 0 Å². The molecule has 0 bridgehead atoms. The molecule has 1 aliphatic rings. The molecule has 2 aromatic carbocycles. The van der Waals surface area contributed by atoms with E-state index >= 15 is 0 Å². The van der Waals surface area contributed by atoms with Gasteiger partial charge in [-0.1, -0.05) is 12.1 Å². The van der Waals surface area contributed by atoms with Gasteiger partial charge in [-0.15, -0.1) is 0 Å². The third-order valence-corrected chi connectivity index (χ3v) is 3.06. The second-order valence-electron chi connectivity index (χ2n) is 4.17. The summed E-state index contributed by atoms with van der Waals surface area (Å²) in [4.78, 5) is 23.3. The van der Waals surface area contributed by atoms with Gasteiger partial charge in [-0.2, -0.15) is 13.2 Å². The summed E-state index contributed by atoms with van der Waals surface area (Å²) >= 11 is 0. The quantitative estimate of drug-likeness (QED) is 0.744. The molecule has 3 nitrogen and oxygen atoms in total. The Morgan fingerprint density at radius 3 is 2.16 bits per heavy atom. The zero-order chi connectivity index (χ0) is 13.8. The number of benzene rings is 2. The number of halogens is 3. The minimum absolute atomic E-state index is 0.0612. The van der Waals surface area contributed by atoms with Crippen LogP contribution >= 0.6 is 0 Å². The van der Waals surface area contributed by atoms with Crippen molar-refractivity contribution < 1.29 is 22.8 Å². The highest BCUT2D eigenvalue weighted by molar-refractivity contribution is 6.25. The number of hydrogen-bond donors (Lipinski definition) is 1. The van der Waals surface area contributed by atoms with E-state index < -0.39 is 23.6 Å². The summed E-state index contributed by atoms with van der Waals surface area (Å²) in [6, 6.07) is 5.98. The van der Waals surface area contributed by atoms with Crippen molar-refractivity contribution in [2.75, 3.05) is 0 Å². The highest BCUT2D eigenvalue weighted by Crippen LogP contribution is 2.37. The number of carbonyl (C=O) groups excluding carboxylic acids is 2. The van der Waals surface area contributed by atoms with E-state index in [1.54, 1.807) is 0 Å². The van der Waals surface area contributed by atoms with Crippen molar-refractivity contribution in [3.05, 3.63) is 47.0 Å². The van der Waals surface area contributed by atoms with E-state index in [9.17, 15) is 22.8 Å². The number of rotatable bonds is 0. The molecule has 0 unspecified atom stereocenters. The topological polar surface area (TPSA) is 46.2 Å². The number of imide groups is 1. The van der Waals surface area contributed by atoms with Crippen molar-refractivity contribution in [3.8, 4) is 0 Å². The Labute approximate surface area is 105 Å². The van der Waals surface area contributed by atoms with E-state index in [0.717, 1.165) is 12.1 Å². The molecule has 0 aliphatic carbocycles. The van der Waals surface area contributed by atoms with Crippen LogP contribution in [0.5, 0.6) is 0 Å². The fourth-order valence-corrected chi connectivity index (χ4v) is 2.27. The van der Waals surface area contributed by atoms with E-state index in [4.69, 9.17) is 0 Å². The highest BCUT2D eigenvalue weighted by Gasteiger charge is 2.35. The summed E-state index contributed by atoms with van der Waals surface area (Å²) in [7, 11) is 0. The number of nitrogens with one attached hydrogen (secondary N) is 1. The molecule has 1 heterocycles. The molecule has 2 amide bonds. The fourth-order valence-electron chi connectivity index (χ4n) is 2.27.